The second-order valence-electron chi connectivity index (χ2n) is 5.47. The van der Waals surface area contributed by atoms with Gasteiger partial charge in [-0.3, -0.25) is 4.79 Å². The van der Waals surface area contributed by atoms with E-state index in [1.807, 2.05) is 18.2 Å². The summed E-state index contributed by atoms with van der Waals surface area (Å²) in [6, 6.07) is 11.3. The zero-order valence-electron chi connectivity index (χ0n) is 12.7. The average molecular weight is 313 g/mol. The van der Waals surface area contributed by atoms with E-state index in [2.05, 4.69) is 22.0 Å². The van der Waals surface area contributed by atoms with Gasteiger partial charge in [-0.05, 0) is 36.1 Å². The standard InChI is InChI=1S/C17H19N3O3/c21-16(18-10-13-5-3-9-23-13)11-19-17(22)20-15-8-7-12-4-1-2-6-14(12)15/h1-6,9,15H,7-8,10-11H2,(H,18,21)(H2,19,20,22). The number of benzene rings is 1. The number of carbonyl (C=O) groups excluding carboxylic acids is 2. The SMILES string of the molecule is O=C(CNC(=O)NC1CCc2ccccc21)NCc1ccco1. The number of carbonyl (C=O) groups is 2. The van der Waals surface area contributed by atoms with Crippen molar-refractivity contribution in [2.75, 3.05) is 6.54 Å². The number of hydrogen-bond acceptors (Lipinski definition) is 3. The maximum atomic E-state index is 11.9. The molecule has 1 aromatic heterocycles. The molecule has 1 aliphatic rings. The second-order valence-corrected chi connectivity index (χ2v) is 5.47. The summed E-state index contributed by atoms with van der Waals surface area (Å²) in [6.07, 6.45) is 3.40. The molecule has 0 bridgehead atoms. The fourth-order valence-corrected chi connectivity index (χ4v) is 2.74. The Labute approximate surface area is 134 Å². The maximum Gasteiger partial charge on any atom is 0.315 e. The molecular formula is C17H19N3O3. The molecule has 3 amide bonds. The number of furan rings is 1. The lowest BCUT2D eigenvalue weighted by atomic mass is 10.1. The molecule has 0 fully saturated rings. The third-order valence-electron chi connectivity index (χ3n) is 3.89. The van der Waals surface area contributed by atoms with Crippen LogP contribution in [0, 0.1) is 0 Å². The highest BCUT2D eigenvalue weighted by Gasteiger charge is 2.23. The molecule has 3 rings (SSSR count). The van der Waals surface area contributed by atoms with Gasteiger partial charge in [-0.1, -0.05) is 24.3 Å². The number of rotatable bonds is 5. The lowest BCUT2D eigenvalue weighted by molar-refractivity contribution is -0.120. The summed E-state index contributed by atoms with van der Waals surface area (Å²) >= 11 is 0. The van der Waals surface area contributed by atoms with Crippen molar-refractivity contribution >= 4 is 11.9 Å². The van der Waals surface area contributed by atoms with Gasteiger partial charge < -0.3 is 20.4 Å². The number of hydrogen-bond donors (Lipinski definition) is 3. The summed E-state index contributed by atoms with van der Waals surface area (Å²) in [5.74, 6) is 0.411. The highest BCUT2D eigenvalue weighted by Crippen LogP contribution is 2.30. The third kappa shape index (κ3) is 3.91. The Balaban J connectivity index is 1.41. The van der Waals surface area contributed by atoms with Crippen LogP contribution in [0.3, 0.4) is 0 Å². The molecular weight excluding hydrogens is 294 g/mol. The summed E-state index contributed by atoms with van der Waals surface area (Å²) < 4.78 is 5.12. The van der Waals surface area contributed by atoms with Crippen LogP contribution in [-0.4, -0.2) is 18.5 Å². The average Bonchev–Trinajstić information content (AvgIpc) is 3.21. The first-order valence-electron chi connectivity index (χ1n) is 7.63. The number of fused-ring (bicyclic) bond motifs is 1. The van der Waals surface area contributed by atoms with Gasteiger partial charge in [0.05, 0.1) is 25.4 Å². The van der Waals surface area contributed by atoms with E-state index in [4.69, 9.17) is 4.42 Å². The lowest BCUT2D eigenvalue weighted by Gasteiger charge is -2.14. The Kier molecular flexibility index (Phi) is 4.61. The minimum absolute atomic E-state index is 0.0115. The van der Waals surface area contributed by atoms with E-state index in [1.165, 1.54) is 5.56 Å². The van der Waals surface area contributed by atoms with Gasteiger partial charge in [0.15, 0.2) is 0 Å². The van der Waals surface area contributed by atoms with E-state index in [0.717, 1.165) is 18.4 Å². The quantitative estimate of drug-likeness (QED) is 0.788. The highest BCUT2D eigenvalue weighted by molar-refractivity contribution is 5.84. The molecule has 23 heavy (non-hydrogen) atoms. The predicted octanol–water partition coefficient (Wildman–Crippen LogP) is 1.88. The molecule has 0 aliphatic heterocycles. The zero-order valence-corrected chi connectivity index (χ0v) is 12.7. The van der Waals surface area contributed by atoms with Crippen LogP contribution in [0.25, 0.3) is 0 Å². The molecule has 120 valence electrons. The van der Waals surface area contributed by atoms with Crippen LogP contribution >= 0.6 is 0 Å². The van der Waals surface area contributed by atoms with Gasteiger partial charge in [0.25, 0.3) is 0 Å². The molecule has 3 N–H and O–H groups in total. The van der Waals surface area contributed by atoms with Gasteiger partial charge in [-0.25, -0.2) is 4.79 Å². The Bertz CT molecular complexity index is 682. The van der Waals surface area contributed by atoms with Crippen LogP contribution < -0.4 is 16.0 Å². The van der Waals surface area contributed by atoms with Crippen LogP contribution in [0.1, 0.15) is 29.3 Å². The summed E-state index contributed by atoms with van der Waals surface area (Å²) in [4.78, 5) is 23.6. The van der Waals surface area contributed by atoms with Crippen molar-refractivity contribution in [3.05, 3.63) is 59.5 Å². The summed E-state index contributed by atoms with van der Waals surface area (Å²) in [5.41, 5.74) is 2.43. The van der Waals surface area contributed by atoms with Crippen LogP contribution in [0.15, 0.2) is 47.1 Å². The van der Waals surface area contributed by atoms with Gasteiger partial charge in [0.1, 0.15) is 5.76 Å². The Morgan fingerprint density at radius 1 is 1.13 bits per heavy atom. The number of aryl methyl sites for hydroxylation is 1. The molecule has 1 aromatic carbocycles. The van der Waals surface area contributed by atoms with Gasteiger partial charge in [0, 0.05) is 0 Å². The Hall–Kier alpha value is -2.76. The number of urea groups is 1. The van der Waals surface area contributed by atoms with Gasteiger partial charge in [-0.2, -0.15) is 0 Å². The summed E-state index contributed by atoms with van der Waals surface area (Å²) in [7, 11) is 0. The maximum absolute atomic E-state index is 11.9. The van der Waals surface area contributed by atoms with E-state index >= 15 is 0 Å². The highest BCUT2D eigenvalue weighted by atomic mass is 16.3. The number of nitrogens with one attached hydrogen (secondary N) is 3. The van der Waals surface area contributed by atoms with Gasteiger partial charge in [-0.15, -0.1) is 0 Å². The fourth-order valence-electron chi connectivity index (χ4n) is 2.74. The summed E-state index contributed by atoms with van der Waals surface area (Å²) in [6.45, 7) is 0.242. The normalized spacial score (nSPS) is 15.7. The van der Waals surface area contributed by atoms with Crippen molar-refractivity contribution in [1.82, 2.24) is 16.0 Å². The fraction of sp³-hybridized carbons (Fsp3) is 0.294. The van der Waals surface area contributed by atoms with Crippen molar-refractivity contribution in [3.8, 4) is 0 Å². The minimum Gasteiger partial charge on any atom is -0.467 e. The molecule has 6 nitrogen and oxygen atoms in total. The molecule has 0 radical (unpaired) electrons. The predicted molar refractivity (Wildman–Crippen MR) is 84.6 cm³/mol. The van der Waals surface area contributed by atoms with E-state index < -0.39 is 0 Å². The largest absolute Gasteiger partial charge is 0.467 e. The Morgan fingerprint density at radius 3 is 2.83 bits per heavy atom. The first kappa shape index (κ1) is 15.1. The van der Waals surface area contributed by atoms with Crippen LogP contribution in [0.4, 0.5) is 4.79 Å². The van der Waals surface area contributed by atoms with Crippen molar-refractivity contribution in [2.45, 2.75) is 25.4 Å². The van der Waals surface area contributed by atoms with E-state index in [0.29, 0.717) is 12.3 Å². The molecule has 1 heterocycles. The molecule has 0 spiro atoms. The zero-order chi connectivity index (χ0) is 16.1. The number of amides is 3. The van der Waals surface area contributed by atoms with Crippen LogP contribution in [0.2, 0.25) is 0 Å². The molecule has 1 unspecified atom stereocenters. The third-order valence-corrected chi connectivity index (χ3v) is 3.89. The van der Waals surface area contributed by atoms with E-state index in [9.17, 15) is 9.59 Å². The smallest absolute Gasteiger partial charge is 0.315 e. The first-order valence-corrected chi connectivity index (χ1v) is 7.63. The van der Waals surface area contributed by atoms with E-state index in [1.54, 1.807) is 18.4 Å². The van der Waals surface area contributed by atoms with Gasteiger partial charge >= 0.3 is 6.03 Å². The molecule has 0 saturated carbocycles. The van der Waals surface area contributed by atoms with Crippen molar-refractivity contribution < 1.29 is 14.0 Å². The van der Waals surface area contributed by atoms with Crippen molar-refractivity contribution in [2.24, 2.45) is 0 Å². The Morgan fingerprint density at radius 2 is 2.00 bits per heavy atom. The van der Waals surface area contributed by atoms with E-state index in [-0.39, 0.29) is 24.5 Å². The van der Waals surface area contributed by atoms with Crippen LogP contribution in [-0.2, 0) is 17.8 Å². The molecule has 6 heteroatoms. The molecule has 2 aromatic rings. The molecule has 1 atom stereocenters. The second kappa shape index (κ2) is 7.00. The van der Waals surface area contributed by atoms with Gasteiger partial charge in [0.2, 0.25) is 5.91 Å². The summed E-state index contributed by atoms with van der Waals surface area (Å²) in [5, 5.41) is 8.16. The molecule has 1 aliphatic carbocycles. The van der Waals surface area contributed by atoms with Crippen molar-refractivity contribution in [1.29, 1.82) is 0 Å². The monoisotopic (exact) mass is 313 g/mol. The van der Waals surface area contributed by atoms with Crippen LogP contribution in [0.5, 0.6) is 0 Å². The first-order chi connectivity index (χ1) is 11.2. The van der Waals surface area contributed by atoms with Crippen molar-refractivity contribution in [3.63, 3.8) is 0 Å². The minimum atomic E-state index is -0.333. The topological polar surface area (TPSA) is 83.4 Å². The molecule has 0 saturated heterocycles. The lowest BCUT2D eigenvalue weighted by Crippen LogP contribution is -2.42.